The molecule has 1 fully saturated rings. The van der Waals surface area contributed by atoms with Gasteiger partial charge < -0.3 is 5.11 Å². The lowest BCUT2D eigenvalue weighted by Crippen LogP contribution is -2.29. The van der Waals surface area contributed by atoms with Crippen molar-refractivity contribution in [2.24, 2.45) is 0 Å². The summed E-state index contributed by atoms with van der Waals surface area (Å²) < 4.78 is 27.9. The number of aliphatic hydroxyl groups is 1. The molecule has 1 atom stereocenters. The Bertz CT molecular complexity index is 1160. The van der Waals surface area contributed by atoms with Gasteiger partial charge in [-0.15, -0.1) is 10.2 Å². The number of anilines is 1. The van der Waals surface area contributed by atoms with Crippen LogP contribution in [0.3, 0.4) is 0 Å². The lowest BCUT2D eigenvalue weighted by molar-refractivity contribution is -0.132. The van der Waals surface area contributed by atoms with E-state index in [1.165, 1.54) is 30.3 Å². The molecule has 1 N–H and O–H groups in total. The van der Waals surface area contributed by atoms with Crippen LogP contribution in [0.1, 0.15) is 22.2 Å². The zero-order valence-corrected chi connectivity index (χ0v) is 15.8. The molecule has 29 heavy (non-hydrogen) atoms. The quantitative estimate of drug-likeness (QED) is 0.402. The Morgan fingerprint density at radius 3 is 2.38 bits per heavy atom. The standard InChI is InChI=1S/C20H13F2N3O3S/c1-10-23-24-20(29-10)25-16(13-4-2-3-5-14(13)22)15(18(27)19(25)28)17(26)11-6-8-12(21)9-7-11/h2-9,16,26H,1H3/t16-/m0/s1. The number of Topliss-reactive ketones (excluding diaryl/α,β-unsaturated/α-hetero) is 1. The van der Waals surface area contributed by atoms with Crippen LogP contribution in [0.4, 0.5) is 13.9 Å². The number of carbonyl (C=O) groups excluding carboxylic acids is 2. The summed E-state index contributed by atoms with van der Waals surface area (Å²) in [5, 5.41) is 19.2. The Morgan fingerprint density at radius 2 is 1.76 bits per heavy atom. The fraction of sp³-hybridized carbons (Fsp3) is 0.100. The predicted molar refractivity (Wildman–Crippen MR) is 102 cm³/mol. The first-order valence-corrected chi connectivity index (χ1v) is 9.31. The van der Waals surface area contributed by atoms with Crippen molar-refractivity contribution in [3.05, 3.63) is 81.9 Å². The fourth-order valence-electron chi connectivity index (χ4n) is 3.17. The number of benzene rings is 2. The molecule has 0 radical (unpaired) electrons. The normalized spacial score (nSPS) is 18.4. The SMILES string of the molecule is Cc1nnc(N2C(=O)C(=O)C(=C(O)c3ccc(F)cc3)[C@@H]2c2ccccc2F)s1. The number of amides is 1. The first kappa shape index (κ1) is 18.9. The van der Waals surface area contributed by atoms with Crippen LogP contribution in [0.5, 0.6) is 0 Å². The monoisotopic (exact) mass is 413 g/mol. The summed E-state index contributed by atoms with van der Waals surface area (Å²) in [7, 11) is 0. The van der Waals surface area contributed by atoms with Crippen molar-refractivity contribution < 1.29 is 23.5 Å². The Balaban J connectivity index is 1.97. The second-order valence-corrected chi connectivity index (χ2v) is 7.46. The average molecular weight is 413 g/mol. The highest BCUT2D eigenvalue weighted by atomic mass is 32.1. The minimum Gasteiger partial charge on any atom is -0.507 e. The minimum absolute atomic E-state index is 0.0169. The Hall–Kier alpha value is -3.46. The zero-order chi connectivity index (χ0) is 20.7. The fourth-order valence-corrected chi connectivity index (χ4v) is 3.88. The maximum atomic E-state index is 14.6. The molecule has 3 aromatic rings. The van der Waals surface area contributed by atoms with Crippen molar-refractivity contribution in [1.82, 2.24) is 10.2 Å². The third kappa shape index (κ3) is 3.19. The van der Waals surface area contributed by atoms with E-state index in [0.717, 1.165) is 28.4 Å². The number of ketones is 1. The molecule has 146 valence electrons. The van der Waals surface area contributed by atoms with Gasteiger partial charge in [-0.25, -0.2) is 8.78 Å². The molecule has 1 aliphatic heterocycles. The van der Waals surface area contributed by atoms with E-state index >= 15 is 0 Å². The zero-order valence-electron chi connectivity index (χ0n) is 15.0. The van der Waals surface area contributed by atoms with Crippen LogP contribution in [-0.4, -0.2) is 27.0 Å². The topological polar surface area (TPSA) is 83.4 Å². The van der Waals surface area contributed by atoms with Crippen molar-refractivity contribution in [2.75, 3.05) is 4.90 Å². The number of halogens is 2. The summed E-state index contributed by atoms with van der Waals surface area (Å²) >= 11 is 1.06. The van der Waals surface area contributed by atoms with E-state index in [9.17, 15) is 23.5 Å². The highest BCUT2D eigenvalue weighted by molar-refractivity contribution is 7.15. The van der Waals surface area contributed by atoms with Gasteiger partial charge in [0.2, 0.25) is 5.13 Å². The molecule has 6 nitrogen and oxygen atoms in total. The summed E-state index contributed by atoms with van der Waals surface area (Å²) in [5.74, 6) is -3.67. The third-order valence-electron chi connectivity index (χ3n) is 4.48. The molecule has 0 unspecified atom stereocenters. The van der Waals surface area contributed by atoms with Crippen LogP contribution in [0.2, 0.25) is 0 Å². The van der Waals surface area contributed by atoms with E-state index in [1.54, 1.807) is 13.0 Å². The predicted octanol–water partition coefficient (Wildman–Crippen LogP) is 3.75. The van der Waals surface area contributed by atoms with Gasteiger partial charge in [0.25, 0.3) is 5.78 Å². The van der Waals surface area contributed by atoms with Crippen molar-refractivity contribution in [2.45, 2.75) is 13.0 Å². The summed E-state index contributed by atoms with van der Waals surface area (Å²) in [5.41, 5.74) is -0.165. The number of carbonyl (C=O) groups is 2. The van der Waals surface area contributed by atoms with E-state index in [1.807, 2.05) is 0 Å². The smallest absolute Gasteiger partial charge is 0.301 e. The first-order valence-electron chi connectivity index (χ1n) is 8.50. The molecule has 1 aromatic heterocycles. The maximum Gasteiger partial charge on any atom is 0.301 e. The van der Waals surface area contributed by atoms with Crippen molar-refractivity contribution in [3.8, 4) is 0 Å². The molecular formula is C20H13F2N3O3S. The first-order chi connectivity index (χ1) is 13.9. The summed E-state index contributed by atoms with van der Waals surface area (Å²) in [4.78, 5) is 26.6. The van der Waals surface area contributed by atoms with E-state index in [-0.39, 0.29) is 21.8 Å². The van der Waals surface area contributed by atoms with Crippen LogP contribution in [0.15, 0.2) is 54.1 Å². The minimum atomic E-state index is -1.24. The number of hydrogen-bond donors (Lipinski definition) is 1. The lowest BCUT2D eigenvalue weighted by Gasteiger charge is -2.22. The third-order valence-corrected chi connectivity index (χ3v) is 5.32. The van der Waals surface area contributed by atoms with Crippen LogP contribution in [-0.2, 0) is 9.59 Å². The van der Waals surface area contributed by atoms with E-state index in [4.69, 9.17) is 0 Å². The number of aromatic nitrogens is 2. The van der Waals surface area contributed by atoms with Gasteiger partial charge in [0.15, 0.2) is 0 Å². The van der Waals surface area contributed by atoms with E-state index in [0.29, 0.717) is 5.01 Å². The summed E-state index contributed by atoms with van der Waals surface area (Å²) in [6, 6.07) is 9.16. The molecule has 1 aliphatic rings. The van der Waals surface area contributed by atoms with Gasteiger partial charge in [0.05, 0.1) is 5.57 Å². The number of aryl methyl sites for hydroxylation is 1. The number of rotatable bonds is 3. The van der Waals surface area contributed by atoms with Crippen LogP contribution >= 0.6 is 11.3 Å². The van der Waals surface area contributed by atoms with Crippen molar-refractivity contribution in [3.63, 3.8) is 0 Å². The molecule has 1 amide bonds. The Morgan fingerprint density at radius 1 is 1.07 bits per heavy atom. The number of nitrogens with zero attached hydrogens (tertiary/aromatic N) is 3. The van der Waals surface area contributed by atoms with Crippen LogP contribution in [0.25, 0.3) is 5.76 Å². The number of aliphatic hydroxyl groups excluding tert-OH is 1. The van der Waals surface area contributed by atoms with Crippen molar-refractivity contribution in [1.29, 1.82) is 0 Å². The average Bonchev–Trinajstić information content (AvgIpc) is 3.23. The number of hydrogen-bond acceptors (Lipinski definition) is 6. The second-order valence-electron chi connectivity index (χ2n) is 6.30. The van der Waals surface area contributed by atoms with Gasteiger partial charge in [0, 0.05) is 11.1 Å². The Kier molecular flexibility index (Phi) is 4.67. The molecule has 1 saturated heterocycles. The highest BCUT2D eigenvalue weighted by Crippen LogP contribution is 2.43. The molecule has 0 spiro atoms. The van der Waals surface area contributed by atoms with Gasteiger partial charge in [-0.3, -0.25) is 14.5 Å². The van der Waals surface area contributed by atoms with Gasteiger partial charge >= 0.3 is 5.91 Å². The summed E-state index contributed by atoms with van der Waals surface area (Å²) in [6.07, 6.45) is 0. The van der Waals surface area contributed by atoms with Gasteiger partial charge in [-0.1, -0.05) is 29.5 Å². The molecule has 0 aliphatic carbocycles. The molecule has 4 rings (SSSR count). The molecule has 0 bridgehead atoms. The highest BCUT2D eigenvalue weighted by Gasteiger charge is 2.49. The van der Waals surface area contributed by atoms with Gasteiger partial charge in [-0.2, -0.15) is 0 Å². The maximum absolute atomic E-state index is 14.6. The molecule has 2 heterocycles. The molecular weight excluding hydrogens is 400 g/mol. The molecule has 0 saturated carbocycles. The van der Waals surface area contributed by atoms with Gasteiger partial charge in [0.1, 0.15) is 28.4 Å². The summed E-state index contributed by atoms with van der Waals surface area (Å²) in [6.45, 7) is 1.67. The van der Waals surface area contributed by atoms with Crippen LogP contribution in [0, 0.1) is 18.6 Å². The van der Waals surface area contributed by atoms with E-state index < -0.39 is 35.1 Å². The van der Waals surface area contributed by atoms with Crippen molar-refractivity contribution >= 4 is 33.9 Å². The lowest BCUT2D eigenvalue weighted by atomic mass is 9.95. The largest absolute Gasteiger partial charge is 0.507 e. The molecule has 9 heteroatoms. The van der Waals surface area contributed by atoms with E-state index in [2.05, 4.69) is 10.2 Å². The Labute approximate surface area is 167 Å². The molecule has 2 aromatic carbocycles. The second kappa shape index (κ2) is 7.17. The van der Waals surface area contributed by atoms with Gasteiger partial charge in [-0.05, 0) is 37.3 Å². The van der Waals surface area contributed by atoms with Crippen LogP contribution < -0.4 is 4.90 Å².